The van der Waals surface area contributed by atoms with Gasteiger partial charge in [-0.15, -0.1) is 0 Å². The maximum atomic E-state index is 12.2. The molecule has 0 bridgehead atoms. The van der Waals surface area contributed by atoms with Crippen LogP contribution in [0.15, 0.2) is 0 Å². The summed E-state index contributed by atoms with van der Waals surface area (Å²) in [6.07, 6.45) is -6.33. The molecule has 0 heterocycles. The van der Waals surface area contributed by atoms with Gasteiger partial charge in [-0.05, 0) is 0 Å². The molecule has 0 radical (unpaired) electrons. The molecule has 0 spiro atoms. The van der Waals surface area contributed by atoms with Crippen molar-refractivity contribution in [3.8, 4) is 0 Å². The second-order valence-corrected chi connectivity index (χ2v) is 2.41. The van der Waals surface area contributed by atoms with Gasteiger partial charge in [-0.3, -0.25) is 4.79 Å². The molecule has 0 aliphatic rings. The van der Waals surface area contributed by atoms with Crippen LogP contribution in [0.5, 0.6) is 0 Å². The highest BCUT2D eigenvalue weighted by Crippen LogP contribution is 2.27. The van der Waals surface area contributed by atoms with Gasteiger partial charge in [-0.2, -0.15) is 8.78 Å². The molecule has 0 aliphatic heterocycles. The van der Waals surface area contributed by atoms with Crippen LogP contribution in [-0.2, 0) is 4.79 Å². The number of aliphatic carboxylic acids is 1. The summed E-state index contributed by atoms with van der Waals surface area (Å²) in [4.78, 5) is 9.89. The third kappa shape index (κ3) is 4.44. The molecule has 0 unspecified atom stereocenters. The van der Waals surface area contributed by atoms with Crippen LogP contribution in [0.3, 0.4) is 0 Å². The smallest absolute Gasteiger partial charge is 0.312 e. The maximum Gasteiger partial charge on any atom is 0.312 e. The first-order chi connectivity index (χ1) is 5.75. The van der Waals surface area contributed by atoms with Crippen molar-refractivity contribution in [2.24, 2.45) is 0 Å². The van der Waals surface area contributed by atoms with Crippen molar-refractivity contribution in [2.75, 3.05) is 0 Å². The van der Waals surface area contributed by atoms with Gasteiger partial charge in [-0.25, -0.2) is 8.78 Å². The van der Waals surface area contributed by atoms with E-state index in [0.717, 1.165) is 0 Å². The summed E-state index contributed by atoms with van der Waals surface area (Å²) in [5.74, 6) is -5.80. The van der Waals surface area contributed by atoms with E-state index in [9.17, 15) is 22.4 Å². The monoisotopic (exact) mass is 201 g/mol. The number of alkyl halides is 4. The molecule has 0 fully saturated rings. The zero-order valence-electron chi connectivity index (χ0n) is 6.36. The van der Waals surface area contributed by atoms with Gasteiger partial charge in [0.2, 0.25) is 0 Å². The minimum absolute atomic E-state index is 0.919. The summed E-state index contributed by atoms with van der Waals surface area (Å²) in [5, 5.41) is 14.7. The molecular formula is C6H7F4NO2. The lowest BCUT2D eigenvalue weighted by atomic mass is 10.1. The number of carboxylic acids is 1. The number of hydrogen-bond acceptors (Lipinski definition) is 2. The van der Waals surface area contributed by atoms with Crippen molar-refractivity contribution in [2.45, 2.75) is 25.2 Å². The topological polar surface area (TPSA) is 61.2 Å². The van der Waals surface area contributed by atoms with E-state index < -0.39 is 36.9 Å². The molecular weight excluding hydrogens is 194 g/mol. The summed E-state index contributed by atoms with van der Waals surface area (Å²) in [6.45, 7) is 0. The van der Waals surface area contributed by atoms with Crippen LogP contribution >= 0.6 is 0 Å². The lowest BCUT2D eigenvalue weighted by molar-refractivity contribution is -0.136. The van der Waals surface area contributed by atoms with E-state index >= 15 is 0 Å². The molecule has 0 aromatic rings. The fourth-order valence-corrected chi connectivity index (χ4v) is 0.607. The molecule has 3 nitrogen and oxygen atoms in total. The molecule has 0 atom stereocenters. The summed E-state index contributed by atoms with van der Waals surface area (Å²) in [6, 6.07) is 0. The van der Waals surface area contributed by atoms with Gasteiger partial charge in [0.1, 0.15) is 0 Å². The van der Waals surface area contributed by atoms with Gasteiger partial charge in [0.05, 0.1) is 12.8 Å². The van der Waals surface area contributed by atoms with E-state index in [2.05, 4.69) is 0 Å². The Morgan fingerprint density at radius 3 is 2.23 bits per heavy atom. The average Bonchev–Trinajstić information content (AvgIpc) is 1.82. The van der Waals surface area contributed by atoms with Crippen LogP contribution in [0.25, 0.3) is 0 Å². The molecule has 0 saturated heterocycles. The lowest BCUT2D eigenvalue weighted by Crippen LogP contribution is -2.30. The van der Waals surface area contributed by atoms with Gasteiger partial charge in [-0.1, -0.05) is 0 Å². The molecule has 76 valence electrons. The Hall–Kier alpha value is -1.14. The minimum atomic E-state index is -4.31. The molecule has 0 saturated carbocycles. The number of nitrogens with one attached hydrogen (secondary N) is 1. The van der Waals surface area contributed by atoms with Crippen LogP contribution in [0.2, 0.25) is 0 Å². The molecule has 2 N–H and O–H groups in total. The number of carbonyl (C=O) groups is 1. The fraction of sp³-hybridized carbons (Fsp3) is 0.667. The zero-order chi connectivity index (χ0) is 10.6. The standard InChI is InChI=1S/C6H7F4NO2/c7-5(8)6(9,10)2-3(11)1-4(12)13/h5,11H,1-2H2,(H,12,13). The minimum Gasteiger partial charge on any atom is -0.481 e. The number of carboxylic acid groups (broad SMARTS) is 1. The lowest BCUT2D eigenvalue weighted by Gasteiger charge is -2.14. The highest BCUT2D eigenvalue weighted by molar-refractivity contribution is 5.96. The van der Waals surface area contributed by atoms with Crippen LogP contribution in [0.1, 0.15) is 12.8 Å². The third-order valence-electron chi connectivity index (χ3n) is 1.13. The molecule has 0 aromatic carbocycles. The average molecular weight is 201 g/mol. The number of halogens is 4. The Labute approximate surface area is 70.9 Å². The Morgan fingerprint density at radius 2 is 1.92 bits per heavy atom. The van der Waals surface area contributed by atoms with Gasteiger partial charge >= 0.3 is 18.3 Å². The van der Waals surface area contributed by atoms with Gasteiger partial charge in [0.25, 0.3) is 0 Å². The SMILES string of the molecule is N=C(CC(=O)O)CC(F)(F)C(F)F. The Balaban J connectivity index is 4.12. The first-order valence-corrected chi connectivity index (χ1v) is 3.20. The zero-order valence-corrected chi connectivity index (χ0v) is 6.36. The summed E-state index contributed by atoms with van der Waals surface area (Å²) < 4.78 is 47.4. The number of hydrogen-bond donors (Lipinski definition) is 2. The van der Waals surface area contributed by atoms with Gasteiger partial charge in [0, 0.05) is 5.71 Å². The van der Waals surface area contributed by atoms with Crippen LogP contribution < -0.4 is 0 Å². The second-order valence-electron chi connectivity index (χ2n) is 2.41. The predicted molar refractivity (Wildman–Crippen MR) is 35.5 cm³/mol. The molecule has 0 amide bonds. The second kappa shape index (κ2) is 4.20. The van der Waals surface area contributed by atoms with Crippen LogP contribution in [0.4, 0.5) is 17.6 Å². The van der Waals surface area contributed by atoms with Crippen LogP contribution in [0, 0.1) is 5.41 Å². The van der Waals surface area contributed by atoms with Crippen LogP contribution in [-0.4, -0.2) is 29.1 Å². The largest absolute Gasteiger partial charge is 0.481 e. The molecule has 0 aromatic heterocycles. The van der Waals surface area contributed by atoms with E-state index in [1.807, 2.05) is 0 Å². The summed E-state index contributed by atoms with van der Waals surface area (Å²) in [5.41, 5.74) is -0.919. The van der Waals surface area contributed by atoms with Gasteiger partial charge < -0.3 is 10.5 Å². The molecule has 13 heavy (non-hydrogen) atoms. The highest BCUT2D eigenvalue weighted by Gasteiger charge is 2.41. The fourth-order valence-electron chi connectivity index (χ4n) is 0.607. The molecule has 0 aliphatic carbocycles. The Bertz CT molecular complexity index is 217. The van der Waals surface area contributed by atoms with Crippen molar-refractivity contribution in [3.63, 3.8) is 0 Å². The van der Waals surface area contributed by atoms with E-state index in [1.165, 1.54) is 0 Å². The van der Waals surface area contributed by atoms with E-state index in [0.29, 0.717) is 0 Å². The van der Waals surface area contributed by atoms with Crippen molar-refractivity contribution in [1.82, 2.24) is 0 Å². The normalized spacial score (nSPS) is 11.8. The molecule has 0 rings (SSSR count). The first kappa shape index (κ1) is 11.9. The molecule has 7 heteroatoms. The summed E-state index contributed by atoms with van der Waals surface area (Å²) >= 11 is 0. The van der Waals surface area contributed by atoms with Crippen molar-refractivity contribution in [1.29, 1.82) is 5.41 Å². The first-order valence-electron chi connectivity index (χ1n) is 3.20. The van der Waals surface area contributed by atoms with Gasteiger partial charge in [0.15, 0.2) is 0 Å². The Morgan fingerprint density at radius 1 is 1.46 bits per heavy atom. The van der Waals surface area contributed by atoms with E-state index in [1.54, 1.807) is 0 Å². The van der Waals surface area contributed by atoms with E-state index in [4.69, 9.17) is 10.5 Å². The quantitative estimate of drug-likeness (QED) is 0.526. The maximum absolute atomic E-state index is 12.2. The Kier molecular flexibility index (Phi) is 3.83. The highest BCUT2D eigenvalue weighted by atomic mass is 19.3. The third-order valence-corrected chi connectivity index (χ3v) is 1.13. The predicted octanol–water partition coefficient (Wildman–Crippen LogP) is 1.77. The van der Waals surface area contributed by atoms with Crippen molar-refractivity contribution >= 4 is 11.7 Å². The van der Waals surface area contributed by atoms with Crippen molar-refractivity contribution < 1.29 is 27.5 Å². The van der Waals surface area contributed by atoms with Crippen molar-refractivity contribution in [3.05, 3.63) is 0 Å². The van der Waals surface area contributed by atoms with E-state index in [-0.39, 0.29) is 0 Å². The summed E-state index contributed by atoms with van der Waals surface area (Å²) in [7, 11) is 0. The number of rotatable bonds is 5.